The van der Waals surface area contributed by atoms with Gasteiger partial charge in [-0.25, -0.2) is 0 Å². The normalized spacial score (nSPS) is 10.6. The zero-order chi connectivity index (χ0) is 17.6. The fraction of sp³-hybridized carbons (Fsp3) is 0.167. The van der Waals surface area contributed by atoms with Crippen molar-refractivity contribution >= 4 is 23.4 Å². The van der Waals surface area contributed by atoms with Crippen molar-refractivity contribution in [1.29, 1.82) is 0 Å². The summed E-state index contributed by atoms with van der Waals surface area (Å²) in [5, 5.41) is 21.0. The molecule has 1 amide bonds. The lowest BCUT2D eigenvalue weighted by Crippen LogP contribution is -2.14. The van der Waals surface area contributed by atoms with Crippen molar-refractivity contribution in [3.05, 3.63) is 66.0 Å². The Labute approximate surface area is 149 Å². The molecule has 1 aromatic heterocycles. The van der Waals surface area contributed by atoms with E-state index in [0.29, 0.717) is 17.4 Å². The summed E-state index contributed by atoms with van der Waals surface area (Å²) in [5.74, 6) is 1.07. The number of benzene rings is 2. The van der Waals surface area contributed by atoms with Crippen molar-refractivity contribution in [3.63, 3.8) is 0 Å². The van der Waals surface area contributed by atoms with E-state index in [9.17, 15) is 9.90 Å². The Kier molecular flexibility index (Phi) is 5.35. The van der Waals surface area contributed by atoms with Crippen LogP contribution in [0.25, 0.3) is 0 Å². The molecule has 2 aromatic carbocycles. The molecule has 0 aliphatic rings. The second-order valence-corrected chi connectivity index (χ2v) is 6.43. The van der Waals surface area contributed by atoms with Crippen LogP contribution in [0, 0.1) is 6.92 Å². The van der Waals surface area contributed by atoms with E-state index in [1.807, 2.05) is 41.8 Å². The van der Waals surface area contributed by atoms with Crippen LogP contribution < -0.4 is 5.32 Å². The molecule has 0 aliphatic heterocycles. The van der Waals surface area contributed by atoms with Crippen molar-refractivity contribution in [2.45, 2.75) is 18.6 Å². The Hall–Kier alpha value is -2.80. The SMILES string of the molecule is Cc1nnc(SCC(=O)Nc2ccc(O)cc2)n1Cc1ccccc1. The van der Waals surface area contributed by atoms with E-state index in [4.69, 9.17) is 0 Å². The maximum Gasteiger partial charge on any atom is 0.234 e. The van der Waals surface area contributed by atoms with E-state index in [-0.39, 0.29) is 17.4 Å². The van der Waals surface area contributed by atoms with Crippen LogP contribution >= 0.6 is 11.8 Å². The number of aromatic hydroxyl groups is 1. The van der Waals surface area contributed by atoms with Crippen LogP contribution in [0.5, 0.6) is 5.75 Å². The zero-order valence-electron chi connectivity index (χ0n) is 13.7. The molecule has 6 nitrogen and oxygen atoms in total. The number of thioether (sulfide) groups is 1. The summed E-state index contributed by atoms with van der Waals surface area (Å²) in [6.07, 6.45) is 0. The molecule has 128 valence electrons. The van der Waals surface area contributed by atoms with Gasteiger partial charge in [0.2, 0.25) is 5.91 Å². The third kappa shape index (κ3) is 4.60. The molecule has 3 rings (SSSR count). The summed E-state index contributed by atoms with van der Waals surface area (Å²) in [7, 11) is 0. The lowest BCUT2D eigenvalue weighted by Gasteiger charge is -2.09. The standard InChI is InChI=1S/C18H18N4O2S/c1-13-20-21-18(22(13)11-14-5-3-2-4-6-14)25-12-17(24)19-15-7-9-16(23)10-8-15/h2-10,23H,11-12H2,1H3,(H,19,24). The number of amides is 1. The molecule has 1 heterocycles. The van der Waals surface area contributed by atoms with Gasteiger partial charge in [0.25, 0.3) is 0 Å². The molecule has 0 spiro atoms. The molecule has 0 saturated heterocycles. The van der Waals surface area contributed by atoms with Crippen molar-refractivity contribution in [2.75, 3.05) is 11.1 Å². The molecule has 0 radical (unpaired) electrons. The number of anilines is 1. The first-order chi connectivity index (χ1) is 12.1. The molecule has 0 unspecified atom stereocenters. The molecule has 2 N–H and O–H groups in total. The molecule has 25 heavy (non-hydrogen) atoms. The van der Waals surface area contributed by atoms with Gasteiger partial charge < -0.3 is 15.0 Å². The first-order valence-corrected chi connectivity index (χ1v) is 8.76. The highest BCUT2D eigenvalue weighted by Gasteiger charge is 2.12. The Balaban J connectivity index is 1.61. The number of carbonyl (C=O) groups is 1. The highest BCUT2D eigenvalue weighted by Crippen LogP contribution is 2.19. The Morgan fingerprint density at radius 2 is 1.84 bits per heavy atom. The van der Waals surface area contributed by atoms with Crippen LogP contribution in [0.2, 0.25) is 0 Å². The third-order valence-corrected chi connectivity index (χ3v) is 4.54. The highest BCUT2D eigenvalue weighted by atomic mass is 32.2. The number of rotatable bonds is 6. The minimum Gasteiger partial charge on any atom is -0.508 e. The molecule has 0 fully saturated rings. The lowest BCUT2D eigenvalue weighted by atomic mass is 10.2. The average molecular weight is 354 g/mol. The molecule has 0 saturated carbocycles. The van der Waals surface area contributed by atoms with Crippen LogP contribution in [-0.4, -0.2) is 31.5 Å². The molecular weight excluding hydrogens is 336 g/mol. The molecule has 7 heteroatoms. The smallest absolute Gasteiger partial charge is 0.234 e. The fourth-order valence-electron chi connectivity index (χ4n) is 2.29. The lowest BCUT2D eigenvalue weighted by molar-refractivity contribution is -0.113. The quantitative estimate of drug-likeness (QED) is 0.525. The second kappa shape index (κ2) is 7.85. The number of phenolic OH excluding ortho intramolecular Hbond substituents is 1. The zero-order valence-corrected chi connectivity index (χ0v) is 14.5. The van der Waals surface area contributed by atoms with Crippen molar-refractivity contribution in [2.24, 2.45) is 0 Å². The maximum atomic E-state index is 12.1. The van der Waals surface area contributed by atoms with Gasteiger partial charge in [-0.05, 0) is 36.8 Å². The Bertz CT molecular complexity index is 847. The predicted octanol–water partition coefficient (Wildman–Crippen LogP) is 3.07. The third-order valence-electron chi connectivity index (χ3n) is 3.57. The van der Waals surface area contributed by atoms with Crippen LogP contribution in [0.1, 0.15) is 11.4 Å². The van der Waals surface area contributed by atoms with Gasteiger partial charge in [0, 0.05) is 5.69 Å². The Morgan fingerprint density at radius 3 is 2.56 bits per heavy atom. The van der Waals surface area contributed by atoms with Gasteiger partial charge in [0.05, 0.1) is 12.3 Å². The molecular formula is C18H18N4O2S. The van der Waals surface area contributed by atoms with Gasteiger partial charge in [-0.15, -0.1) is 10.2 Å². The van der Waals surface area contributed by atoms with Crippen LogP contribution in [0.4, 0.5) is 5.69 Å². The van der Waals surface area contributed by atoms with Gasteiger partial charge in [-0.2, -0.15) is 0 Å². The maximum absolute atomic E-state index is 12.1. The van der Waals surface area contributed by atoms with Crippen molar-refractivity contribution in [3.8, 4) is 5.75 Å². The molecule has 0 bridgehead atoms. The summed E-state index contributed by atoms with van der Waals surface area (Å²) < 4.78 is 1.99. The largest absolute Gasteiger partial charge is 0.508 e. The fourth-order valence-corrected chi connectivity index (χ4v) is 3.07. The molecule has 3 aromatic rings. The van der Waals surface area contributed by atoms with Crippen LogP contribution in [-0.2, 0) is 11.3 Å². The van der Waals surface area contributed by atoms with E-state index in [2.05, 4.69) is 15.5 Å². The van der Waals surface area contributed by atoms with Crippen LogP contribution in [0.15, 0.2) is 59.8 Å². The van der Waals surface area contributed by atoms with Crippen molar-refractivity contribution < 1.29 is 9.90 Å². The van der Waals surface area contributed by atoms with E-state index in [1.165, 1.54) is 23.9 Å². The topological polar surface area (TPSA) is 80.0 Å². The number of aromatic nitrogens is 3. The van der Waals surface area contributed by atoms with Gasteiger partial charge in [0.1, 0.15) is 11.6 Å². The Morgan fingerprint density at radius 1 is 1.12 bits per heavy atom. The van der Waals surface area contributed by atoms with Gasteiger partial charge >= 0.3 is 0 Å². The van der Waals surface area contributed by atoms with Gasteiger partial charge in [-0.1, -0.05) is 42.1 Å². The number of nitrogens with one attached hydrogen (secondary N) is 1. The van der Waals surface area contributed by atoms with Crippen LogP contribution in [0.3, 0.4) is 0 Å². The van der Waals surface area contributed by atoms with Gasteiger partial charge in [-0.3, -0.25) is 4.79 Å². The van der Waals surface area contributed by atoms with Gasteiger partial charge in [0.15, 0.2) is 5.16 Å². The second-order valence-electron chi connectivity index (χ2n) is 5.49. The number of aryl methyl sites for hydroxylation is 1. The first kappa shape index (κ1) is 17.0. The summed E-state index contributed by atoms with van der Waals surface area (Å²) in [4.78, 5) is 12.1. The summed E-state index contributed by atoms with van der Waals surface area (Å²) in [5.41, 5.74) is 1.80. The van der Waals surface area contributed by atoms with E-state index >= 15 is 0 Å². The number of hydrogen-bond acceptors (Lipinski definition) is 5. The van der Waals surface area contributed by atoms with E-state index in [0.717, 1.165) is 11.4 Å². The summed E-state index contributed by atoms with van der Waals surface area (Å²) >= 11 is 1.35. The van der Waals surface area contributed by atoms with E-state index in [1.54, 1.807) is 12.1 Å². The minimum absolute atomic E-state index is 0.136. The minimum atomic E-state index is -0.136. The monoisotopic (exact) mass is 354 g/mol. The number of nitrogens with zero attached hydrogens (tertiary/aromatic N) is 3. The van der Waals surface area contributed by atoms with E-state index < -0.39 is 0 Å². The highest BCUT2D eigenvalue weighted by molar-refractivity contribution is 7.99. The summed E-state index contributed by atoms with van der Waals surface area (Å²) in [6, 6.07) is 16.4. The predicted molar refractivity (Wildman–Crippen MR) is 97.8 cm³/mol. The first-order valence-electron chi connectivity index (χ1n) is 7.77. The molecule has 0 atom stereocenters. The number of carbonyl (C=O) groups excluding carboxylic acids is 1. The average Bonchev–Trinajstić information content (AvgIpc) is 2.96. The van der Waals surface area contributed by atoms with Crippen molar-refractivity contribution in [1.82, 2.24) is 14.8 Å². The number of phenols is 1. The number of hydrogen-bond donors (Lipinski definition) is 2. The molecule has 0 aliphatic carbocycles. The summed E-state index contributed by atoms with van der Waals surface area (Å²) in [6.45, 7) is 2.57.